The summed E-state index contributed by atoms with van der Waals surface area (Å²) in [5.74, 6) is 0.925. The second-order valence-electron chi connectivity index (χ2n) is 4.10. The van der Waals surface area contributed by atoms with Gasteiger partial charge in [-0.15, -0.1) is 0 Å². The minimum absolute atomic E-state index is 0.0936. The van der Waals surface area contributed by atoms with E-state index in [9.17, 15) is 4.79 Å². The Balaban J connectivity index is 1.81. The smallest absolute Gasteiger partial charge is 0.173 e. The molecule has 0 radical (unpaired) electrons. The van der Waals surface area contributed by atoms with Crippen LogP contribution in [0.2, 0.25) is 5.02 Å². The van der Waals surface area contributed by atoms with Crippen molar-refractivity contribution in [3.8, 4) is 5.75 Å². The highest BCUT2D eigenvalue weighted by molar-refractivity contribution is 6.30. The Morgan fingerprint density at radius 1 is 1.29 bits per heavy atom. The molecule has 1 aliphatic rings. The first-order chi connectivity index (χ1) is 8.25. The van der Waals surface area contributed by atoms with Crippen molar-refractivity contribution in [2.24, 2.45) is 5.92 Å². The zero-order valence-electron chi connectivity index (χ0n) is 9.52. The summed E-state index contributed by atoms with van der Waals surface area (Å²) < 4.78 is 10.6. The molecule has 0 spiro atoms. The fraction of sp³-hybridized carbons (Fsp3) is 0.462. The summed E-state index contributed by atoms with van der Waals surface area (Å²) in [7, 11) is 0. The van der Waals surface area contributed by atoms with E-state index in [0.717, 1.165) is 12.8 Å². The van der Waals surface area contributed by atoms with Crippen molar-refractivity contribution in [2.75, 3.05) is 19.8 Å². The quantitative estimate of drug-likeness (QED) is 0.829. The van der Waals surface area contributed by atoms with Gasteiger partial charge in [0.2, 0.25) is 0 Å². The van der Waals surface area contributed by atoms with Crippen molar-refractivity contribution in [2.45, 2.75) is 12.8 Å². The zero-order chi connectivity index (χ0) is 12.1. The van der Waals surface area contributed by atoms with Crippen LogP contribution in [0.3, 0.4) is 0 Å². The number of carbonyl (C=O) groups is 1. The molecule has 1 fully saturated rings. The van der Waals surface area contributed by atoms with Gasteiger partial charge in [0.1, 0.15) is 12.4 Å². The van der Waals surface area contributed by atoms with Gasteiger partial charge in [0.05, 0.1) is 0 Å². The third-order valence-corrected chi connectivity index (χ3v) is 3.12. The molecule has 4 heteroatoms. The number of halogens is 1. The maximum atomic E-state index is 11.8. The van der Waals surface area contributed by atoms with Gasteiger partial charge in [0, 0.05) is 24.2 Å². The van der Waals surface area contributed by atoms with E-state index in [2.05, 4.69) is 0 Å². The fourth-order valence-corrected chi connectivity index (χ4v) is 1.95. The molecule has 1 aliphatic heterocycles. The SMILES string of the molecule is O=C(COc1ccc(Cl)cc1)C1CCOCC1. The van der Waals surface area contributed by atoms with Crippen LogP contribution in [0.5, 0.6) is 5.75 Å². The Hall–Kier alpha value is -1.06. The molecule has 0 unspecified atom stereocenters. The second kappa shape index (κ2) is 6.03. The van der Waals surface area contributed by atoms with Crippen LogP contribution < -0.4 is 4.74 Å². The maximum absolute atomic E-state index is 11.8. The molecule has 2 rings (SSSR count). The number of ether oxygens (including phenoxy) is 2. The van der Waals surface area contributed by atoms with E-state index < -0.39 is 0 Å². The molecule has 1 aromatic carbocycles. The van der Waals surface area contributed by atoms with Crippen molar-refractivity contribution in [3.05, 3.63) is 29.3 Å². The second-order valence-corrected chi connectivity index (χ2v) is 4.53. The van der Waals surface area contributed by atoms with Crippen molar-refractivity contribution in [3.63, 3.8) is 0 Å². The van der Waals surface area contributed by atoms with E-state index in [4.69, 9.17) is 21.1 Å². The van der Waals surface area contributed by atoms with Crippen LogP contribution in [0.1, 0.15) is 12.8 Å². The lowest BCUT2D eigenvalue weighted by Crippen LogP contribution is -2.27. The van der Waals surface area contributed by atoms with Crippen LogP contribution in [-0.4, -0.2) is 25.6 Å². The lowest BCUT2D eigenvalue weighted by atomic mass is 9.96. The van der Waals surface area contributed by atoms with Gasteiger partial charge < -0.3 is 9.47 Å². The number of hydrogen-bond acceptors (Lipinski definition) is 3. The molecule has 1 saturated heterocycles. The predicted molar refractivity (Wildman–Crippen MR) is 65.5 cm³/mol. The summed E-state index contributed by atoms with van der Waals surface area (Å²) in [4.78, 5) is 11.8. The summed E-state index contributed by atoms with van der Waals surface area (Å²) >= 11 is 5.76. The fourth-order valence-electron chi connectivity index (χ4n) is 1.82. The summed E-state index contributed by atoms with van der Waals surface area (Å²) in [6.07, 6.45) is 1.62. The van der Waals surface area contributed by atoms with Gasteiger partial charge in [0.25, 0.3) is 0 Å². The first-order valence-electron chi connectivity index (χ1n) is 5.74. The lowest BCUT2D eigenvalue weighted by molar-refractivity contribution is -0.127. The molecule has 0 aromatic heterocycles. The van der Waals surface area contributed by atoms with Gasteiger partial charge in [-0.2, -0.15) is 0 Å². The van der Waals surface area contributed by atoms with E-state index in [0.29, 0.717) is 24.0 Å². The summed E-state index contributed by atoms with van der Waals surface area (Å²) in [5, 5.41) is 0.660. The topological polar surface area (TPSA) is 35.5 Å². The molecule has 0 atom stereocenters. The number of benzene rings is 1. The number of Topliss-reactive ketones (excluding diaryl/α,β-unsaturated/α-hetero) is 1. The molecule has 0 saturated carbocycles. The maximum Gasteiger partial charge on any atom is 0.173 e. The number of carbonyl (C=O) groups excluding carboxylic acids is 1. The molecule has 1 aromatic rings. The lowest BCUT2D eigenvalue weighted by Gasteiger charge is -2.20. The Bertz CT molecular complexity index is 369. The largest absolute Gasteiger partial charge is 0.486 e. The summed E-state index contributed by atoms with van der Waals surface area (Å²) in [6, 6.07) is 7.02. The molecule has 3 nitrogen and oxygen atoms in total. The number of hydrogen-bond donors (Lipinski definition) is 0. The van der Waals surface area contributed by atoms with Gasteiger partial charge >= 0.3 is 0 Å². The molecule has 17 heavy (non-hydrogen) atoms. The minimum Gasteiger partial charge on any atom is -0.486 e. The minimum atomic E-state index is 0.0936. The Labute approximate surface area is 106 Å². The summed E-state index contributed by atoms with van der Waals surface area (Å²) in [5.41, 5.74) is 0. The van der Waals surface area contributed by atoms with Gasteiger partial charge in [-0.3, -0.25) is 4.79 Å². The van der Waals surface area contributed by atoms with Gasteiger partial charge in [-0.1, -0.05) is 11.6 Å². The highest BCUT2D eigenvalue weighted by Gasteiger charge is 2.21. The van der Waals surface area contributed by atoms with Crippen LogP contribution in [0.25, 0.3) is 0 Å². The molecular formula is C13H15ClO3. The number of rotatable bonds is 4. The third kappa shape index (κ3) is 3.72. The normalized spacial score (nSPS) is 16.8. The van der Waals surface area contributed by atoms with Gasteiger partial charge in [-0.25, -0.2) is 0 Å². The zero-order valence-corrected chi connectivity index (χ0v) is 10.3. The van der Waals surface area contributed by atoms with Crippen molar-refractivity contribution in [1.82, 2.24) is 0 Å². The third-order valence-electron chi connectivity index (χ3n) is 2.87. The van der Waals surface area contributed by atoms with E-state index in [1.54, 1.807) is 24.3 Å². The molecule has 0 amide bonds. The van der Waals surface area contributed by atoms with Crippen LogP contribution >= 0.6 is 11.6 Å². The molecular weight excluding hydrogens is 240 g/mol. The average Bonchev–Trinajstić information content (AvgIpc) is 2.39. The predicted octanol–water partition coefficient (Wildman–Crippen LogP) is 2.71. The van der Waals surface area contributed by atoms with Crippen molar-refractivity contribution < 1.29 is 14.3 Å². The monoisotopic (exact) mass is 254 g/mol. The summed E-state index contributed by atoms with van der Waals surface area (Å²) in [6.45, 7) is 1.49. The first kappa shape index (κ1) is 12.4. The van der Waals surface area contributed by atoms with Gasteiger partial charge in [0.15, 0.2) is 5.78 Å². The molecule has 0 bridgehead atoms. The highest BCUT2D eigenvalue weighted by atomic mass is 35.5. The number of ketones is 1. The highest BCUT2D eigenvalue weighted by Crippen LogP contribution is 2.18. The van der Waals surface area contributed by atoms with Crippen molar-refractivity contribution in [1.29, 1.82) is 0 Å². The van der Waals surface area contributed by atoms with Crippen LogP contribution in [0, 0.1) is 5.92 Å². The Kier molecular flexibility index (Phi) is 4.40. The Morgan fingerprint density at radius 3 is 2.59 bits per heavy atom. The van der Waals surface area contributed by atoms with Crippen LogP contribution in [-0.2, 0) is 9.53 Å². The van der Waals surface area contributed by atoms with E-state index >= 15 is 0 Å². The standard InChI is InChI=1S/C13H15ClO3/c14-11-1-3-12(4-2-11)17-9-13(15)10-5-7-16-8-6-10/h1-4,10H,5-9H2. The molecule has 0 N–H and O–H groups in total. The van der Waals surface area contributed by atoms with E-state index in [1.807, 2.05) is 0 Å². The van der Waals surface area contributed by atoms with Crippen molar-refractivity contribution >= 4 is 17.4 Å². The van der Waals surface area contributed by atoms with Gasteiger partial charge in [-0.05, 0) is 37.1 Å². The average molecular weight is 255 g/mol. The van der Waals surface area contributed by atoms with E-state index in [1.165, 1.54) is 0 Å². The Morgan fingerprint density at radius 2 is 1.94 bits per heavy atom. The molecule has 92 valence electrons. The molecule has 1 heterocycles. The molecule has 0 aliphatic carbocycles. The van der Waals surface area contributed by atoms with E-state index in [-0.39, 0.29) is 18.3 Å². The van der Waals surface area contributed by atoms with Crippen LogP contribution in [0.15, 0.2) is 24.3 Å². The first-order valence-corrected chi connectivity index (χ1v) is 6.12. The van der Waals surface area contributed by atoms with Crippen LogP contribution in [0.4, 0.5) is 0 Å².